The number of aryl methyl sites for hydroxylation is 1. The third-order valence-electron chi connectivity index (χ3n) is 3.02. The van der Waals surface area contributed by atoms with Gasteiger partial charge in [-0.3, -0.25) is 4.79 Å². The number of hydrogen-bond acceptors (Lipinski definition) is 2. The second kappa shape index (κ2) is 7.66. The molecule has 2 aromatic rings. The monoisotopic (exact) mass is 309 g/mol. The highest BCUT2D eigenvalue weighted by molar-refractivity contribution is 8.02. The zero-order chi connectivity index (χ0) is 15.9. The van der Waals surface area contributed by atoms with Crippen LogP contribution in [0, 0.1) is 6.92 Å². The van der Waals surface area contributed by atoms with Gasteiger partial charge in [0.25, 0.3) is 5.91 Å². The summed E-state index contributed by atoms with van der Waals surface area (Å²) in [6.45, 7) is 7.45. The second-order valence-corrected chi connectivity index (χ2v) is 6.01. The Morgan fingerprint density at radius 1 is 1.14 bits per heavy atom. The predicted molar refractivity (Wildman–Crippen MR) is 94.4 cm³/mol. The molecule has 0 aliphatic heterocycles. The van der Waals surface area contributed by atoms with Crippen LogP contribution in [0.15, 0.2) is 77.1 Å². The third-order valence-corrected chi connectivity index (χ3v) is 3.90. The maximum Gasteiger partial charge on any atom is 0.250 e. The van der Waals surface area contributed by atoms with Crippen LogP contribution >= 0.6 is 11.8 Å². The molecule has 0 fully saturated rings. The Hall–Kier alpha value is -2.26. The van der Waals surface area contributed by atoms with E-state index in [4.69, 9.17) is 0 Å². The van der Waals surface area contributed by atoms with Crippen LogP contribution in [-0.4, -0.2) is 5.91 Å². The van der Waals surface area contributed by atoms with Gasteiger partial charge in [-0.15, -0.1) is 0 Å². The summed E-state index contributed by atoms with van der Waals surface area (Å²) in [4.78, 5) is 13.1. The van der Waals surface area contributed by atoms with Crippen LogP contribution in [0.2, 0.25) is 0 Å². The lowest BCUT2D eigenvalue weighted by atomic mass is 10.1. The van der Waals surface area contributed by atoms with E-state index < -0.39 is 0 Å². The van der Waals surface area contributed by atoms with E-state index in [2.05, 4.69) is 37.0 Å². The van der Waals surface area contributed by atoms with Crippen molar-refractivity contribution in [3.05, 3.63) is 83.3 Å². The van der Waals surface area contributed by atoms with Crippen LogP contribution in [0.3, 0.4) is 0 Å². The van der Waals surface area contributed by atoms with Crippen molar-refractivity contribution in [2.45, 2.75) is 18.7 Å². The van der Waals surface area contributed by atoms with Crippen LogP contribution in [-0.2, 0) is 4.79 Å². The molecule has 1 amide bonds. The smallest absolute Gasteiger partial charge is 0.250 e. The number of thioether (sulfide) groups is 1. The number of carbonyl (C=O) groups is 1. The van der Waals surface area contributed by atoms with Gasteiger partial charge in [-0.1, -0.05) is 66.4 Å². The summed E-state index contributed by atoms with van der Waals surface area (Å²) in [5, 5.41) is 4.88. The molecule has 112 valence electrons. The number of amides is 1. The fraction of sp³-hybridized carbons (Fsp3) is 0.105. The van der Waals surface area contributed by atoms with Crippen LogP contribution < -0.4 is 5.32 Å². The number of rotatable bonds is 5. The first-order valence-electron chi connectivity index (χ1n) is 7.02. The molecule has 0 unspecified atom stereocenters. The van der Waals surface area contributed by atoms with Gasteiger partial charge in [-0.25, -0.2) is 0 Å². The Bertz CT molecular complexity index is 704. The highest BCUT2D eigenvalue weighted by atomic mass is 32.2. The first-order chi connectivity index (χ1) is 10.6. The number of carbonyl (C=O) groups excluding carboxylic acids is 1. The van der Waals surface area contributed by atoms with E-state index in [1.807, 2.05) is 41.8 Å². The lowest BCUT2D eigenvalue weighted by molar-refractivity contribution is -0.116. The van der Waals surface area contributed by atoms with Crippen molar-refractivity contribution < 1.29 is 4.79 Å². The number of hydrogen-bond donors (Lipinski definition) is 1. The maximum atomic E-state index is 11.9. The normalized spacial score (nSPS) is 11.1. The molecule has 2 aromatic carbocycles. The quantitative estimate of drug-likeness (QED) is 0.636. The summed E-state index contributed by atoms with van der Waals surface area (Å²) in [7, 11) is 0. The number of nitrogens with one attached hydrogen (secondary N) is 1. The Morgan fingerprint density at radius 2 is 1.86 bits per heavy atom. The fourth-order valence-corrected chi connectivity index (χ4v) is 2.69. The van der Waals surface area contributed by atoms with Gasteiger partial charge in [-0.05, 0) is 31.5 Å². The predicted octanol–water partition coefficient (Wildman–Crippen LogP) is 4.78. The average molecular weight is 309 g/mol. The van der Waals surface area contributed by atoms with E-state index in [0.29, 0.717) is 5.57 Å². The lowest BCUT2D eigenvalue weighted by Crippen LogP contribution is -2.22. The van der Waals surface area contributed by atoms with Gasteiger partial charge in [0.05, 0.1) is 5.70 Å². The molecule has 0 aliphatic carbocycles. The standard InChI is InChI=1S/C19H19NOS/c1-14(2)19(21)20-18(16-9-5-4-6-10-16)13-22-17-11-7-8-15(3)12-17/h4-13H,1H2,2-3H3,(H,20,21)/b18-13-. The summed E-state index contributed by atoms with van der Waals surface area (Å²) in [6, 6.07) is 18.1. The highest BCUT2D eigenvalue weighted by Gasteiger charge is 2.07. The molecule has 0 spiro atoms. The van der Waals surface area contributed by atoms with Crippen molar-refractivity contribution in [3.63, 3.8) is 0 Å². The largest absolute Gasteiger partial charge is 0.321 e. The van der Waals surface area contributed by atoms with Crippen LogP contribution in [0.4, 0.5) is 0 Å². The van der Waals surface area contributed by atoms with Crippen molar-refractivity contribution in [1.82, 2.24) is 5.32 Å². The lowest BCUT2D eigenvalue weighted by Gasteiger charge is -2.10. The minimum Gasteiger partial charge on any atom is -0.321 e. The van der Waals surface area contributed by atoms with Crippen LogP contribution in [0.1, 0.15) is 18.1 Å². The number of benzene rings is 2. The SMILES string of the molecule is C=C(C)C(=O)N/C(=C\Sc1cccc(C)c1)c1ccccc1. The molecule has 3 heteroatoms. The first kappa shape index (κ1) is 16.1. The molecule has 0 radical (unpaired) electrons. The van der Waals surface area contributed by atoms with Crippen LogP contribution in [0.5, 0.6) is 0 Å². The Kier molecular flexibility index (Phi) is 5.61. The minimum atomic E-state index is -0.167. The van der Waals surface area contributed by atoms with E-state index >= 15 is 0 Å². The van der Waals surface area contributed by atoms with Crippen molar-refractivity contribution in [3.8, 4) is 0 Å². The van der Waals surface area contributed by atoms with E-state index in [9.17, 15) is 4.79 Å². The molecule has 0 saturated carbocycles. The molecule has 0 saturated heterocycles. The summed E-state index contributed by atoms with van der Waals surface area (Å²) in [5.41, 5.74) is 3.45. The fourth-order valence-electron chi connectivity index (χ4n) is 1.83. The van der Waals surface area contributed by atoms with E-state index in [0.717, 1.165) is 16.2 Å². The zero-order valence-corrected chi connectivity index (χ0v) is 13.6. The maximum absolute atomic E-state index is 11.9. The molecule has 0 atom stereocenters. The molecular weight excluding hydrogens is 290 g/mol. The van der Waals surface area contributed by atoms with Gasteiger partial charge in [0.2, 0.25) is 0 Å². The summed E-state index contributed by atoms with van der Waals surface area (Å²) in [6.07, 6.45) is 0. The van der Waals surface area contributed by atoms with Gasteiger partial charge in [0, 0.05) is 15.9 Å². The van der Waals surface area contributed by atoms with Gasteiger partial charge < -0.3 is 5.32 Å². The Labute approximate surface area is 135 Å². The molecule has 0 aromatic heterocycles. The molecule has 0 bridgehead atoms. The van der Waals surface area contributed by atoms with Crippen molar-refractivity contribution in [2.75, 3.05) is 0 Å². The van der Waals surface area contributed by atoms with Gasteiger partial charge >= 0.3 is 0 Å². The van der Waals surface area contributed by atoms with Crippen molar-refractivity contribution in [1.29, 1.82) is 0 Å². The van der Waals surface area contributed by atoms with Crippen molar-refractivity contribution in [2.24, 2.45) is 0 Å². The molecule has 0 heterocycles. The first-order valence-corrected chi connectivity index (χ1v) is 7.90. The zero-order valence-electron chi connectivity index (χ0n) is 12.8. The molecule has 1 N–H and O–H groups in total. The molecule has 0 aliphatic rings. The average Bonchev–Trinajstić information content (AvgIpc) is 2.52. The molecule has 2 rings (SSSR count). The molecule has 2 nitrogen and oxygen atoms in total. The van der Waals surface area contributed by atoms with E-state index in [-0.39, 0.29) is 5.91 Å². The summed E-state index contributed by atoms with van der Waals surface area (Å²) < 4.78 is 0. The Balaban J connectivity index is 2.25. The van der Waals surface area contributed by atoms with Crippen molar-refractivity contribution >= 4 is 23.4 Å². The van der Waals surface area contributed by atoms with E-state index in [1.165, 1.54) is 5.56 Å². The minimum absolute atomic E-state index is 0.167. The van der Waals surface area contributed by atoms with Gasteiger partial charge in [-0.2, -0.15) is 0 Å². The topological polar surface area (TPSA) is 29.1 Å². The second-order valence-electron chi connectivity index (χ2n) is 5.07. The Morgan fingerprint density at radius 3 is 2.50 bits per heavy atom. The third kappa shape index (κ3) is 4.64. The summed E-state index contributed by atoms with van der Waals surface area (Å²) >= 11 is 1.58. The van der Waals surface area contributed by atoms with Gasteiger partial charge in [0.1, 0.15) is 0 Å². The summed E-state index contributed by atoms with van der Waals surface area (Å²) in [5.74, 6) is -0.167. The molecule has 22 heavy (non-hydrogen) atoms. The highest BCUT2D eigenvalue weighted by Crippen LogP contribution is 2.24. The molecular formula is C19H19NOS. The van der Waals surface area contributed by atoms with Crippen LogP contribution in [0.25, 0.3) is 5.70 Å². The van der Waals surface area contributed by atoms with Gasteiger partial charge in [0.15, 0.2) is 0 Å². The van der Waals surface area contributed by atoms with E-state index in [1.54, 1.807) is 18.7 Å².